The molecule has 1 rings (SSSR count). The van der Waals surface area contributed by atoms with Gasteiger partial charge in [0.05, 0.1) is 12.3 Å². The van der Waals surface area contributed by atoms with Gasteiger partial charge in [-0.1, -0.05) is 71.6 Å². The maximum atomic E-state index is 13.1. The first-order valence-electron chi connectivity index (χ1n) is 12.8. The molecular formula is C29H47N3O2. The monoisotopic (exact) mass is 469 g/mol. The Kier molecular flexibility index (Phi) is 11.8. The molecule has 1 aliphatic rings. The van der Waals surface area contributed by atoms with E-state index in [9.17, 15) is 9.59 Å². The number of aliphatic imine (C=N–C) groups is 1. The molecule has 0 aromatic rings. The minimum absolute atomic E-state index is 0.0307. The lowest BCUT2D eigenvalue weighted by atomic mass is 9.85. The van der Waals surface area contributed by atoms with Gasteiger partial charge in [0.15, 0.2) is 0 Å². The maximum Gasteiger partial charge on any atom is 0.267 e. The summed E-state index contributed by atoms with van der Waals surface area (Å²) in [5, 5.41) is 2.65. The molecule has 0 aromatic carbocycles. The Bertz CT molecular complexity index is 825. The van der Waals surface area contributed by atoms with Gasteiger partial charge >= 0.3 is 0 Å². The summed E-state index contributed by atoms with van der Waals surface area (Å²) in [6.07, 6.45) is 18.2. The molecule has 5 heteroatoms. The first-order chi connectivity index (χ1) is 15.9. The van der Waals surface area contributed by atoms with Crippen molar-refractivity contribution in [3.05, 3.63) is 23.3 Å². The van der Waals surface area contributed by atoms with E-state index in [1.807, 2.05) is 17.9 Å². The number of carbonyl (C=O) groups is 2. The number of allylic oxidation sites excluding steroid dienone is 2. The van der Waals surface area contributed by atoms with Crippen molar-refractivity contribution in [2.24, 2.45) is 16.3 Å². The van der Waals surface area contributed by atoms with Crippen molar-refractivity contribution in [1.82, 2.24) is 10.2 Å². The van der Waals surface area contributed by atoms with Crippen LogP contribution in [0.25, 0.3) is 0 Å². The molecule has 5 nitrogen and oxygen atoms in total. The highest BCUT2D eigenvalue weighted by Crippen LogP contribution is 2.36. The Morgan fingerprint density at radius 3 is 2.47 bits per heavy atom. The lowest BCUT2D eigenvalue weighted by Crippen LogP contribution is -2.51. The fourth-order valence-electron chi connectivity index (χ4n) is 4.63. The van der Waals surface area contributed by atoms with E-state index in [1.54, 1.807) is 13.1 Å². The van der Waals surface area contributed by atoms with E-state index in [1.165, 1.54) is 19.1 Å². The van der Waals surface area contributed by atoms with E-state index in [-0.39, 0.29) is 29.7 Å². The molecule has 3 unspecified atom stereocenters. The summed E-state index contributed by atoms with van der Waals surface area (Å²) in [7, 11) is 1.60. The van der Waals surface area contributed by atoms with Crippen molar-refractivity contribution >= 4 is 18.0 Å². The van der Waals surface area contributed by atoms with Gasteiger partial charge in [-0.25, -0.2) is 0 Å². The van der Waals surface area contributed by atoms with Gasteiger partial charge in [-0.2, -0.15) is 0 Å². The molecule has 0 saturated heterocycles. The molecule has 0 aliphatic carbocycles. The predicted molar refractivity (Wildman–Crippen MR) is 143 cm³/mol. The number of amides is 2. The smallest absolute Gasteiger partial charge is 0.267 e. The largest absolute Gasteiger partial charge is 0.355 e. The Morgan fingerprint density at radius 1 is 1.26 bits per heavy atom. The number of rotatable bonds is 13. The molecule has 0 bridgehead atoms. The standard InChI is InChI=1S/C29H47N3O2/c1-10-13-23(12-3)17-20-29(8)31-21-26(33)32(29)25(18-19-28(5,6)7)22(4)15-16-24(14-11-2)27(34)30-9/h2,15-16,21,23,25H,10,12-14,17-20H2,1,3-9H3,(H,30,34)/b22-15+,24-16+. The van der Waals surface area contributed by atoms with Crippen molar-refractivity contribution in [3.8, 4) is 12.3 Å². The van der Waals surface area contributed by atoms with Crippen LogP contribution in [0.1, 0.15) is 99.8 Å². The van der Waals surface area contributed by atoms with E-state index >= 15 is 0 Å². The zero-order valence-corrected chi connectivity index (χ0v) is 22.8. The van der Waals surface area contributed by atoms with Crippen LogP contribution in [-0.4, -0.2) is 41.7 Å². The Hall–Kier alpha value is -2.35. The molecule has 3 atom stereocenters. The predicted octanol–water partition coefficient (Wildman–Crippen LogP) is 6.06. The van der Waals surface area contributed by atoms with Gasteiger partial charge in [-0.3, -0.25) is 14.6 Å². The molecule has 34 heavy (non-hydrogen) atoms. The van der Waals surface area contributed by atoms with Gasteiger partial charge in [0.2, 0.25) is 5.91 Å². The van der Waals surface area contributed by atoms with Crippen LogP contribution in [0.2, 0.25) is 0 Å². The molecule has 0 spiro atoms. The van der Waals surface area contributed by atoms with Crippen molar-refractivity contribution in [2.75, 3.05) is 7.05 Å². The lowest BCUT2D eigenvalue weighted by Gasteiger charge is -2.41. The second-order valence-corrected chi connectivity index (χ2v) is 11.0. The quantitative estimate of drug-likeness (QED) is 0.202. The summed E-state index contributed by atoms with van der Waals surface area (Å²) < 4.78 is 0. The van der Waals surface area contributed by atoms with Crippen LogP contribution < -0.4 is 5.32 Å². The molecule has 0 saturated carbocycles. The van der Waals surface area contributed by atoms with E-state index in [2.05, 4.69) is 52.8 Å². The summed E-state index contributed by atoms with van der Waals surface area (Å²) in [4.78, 5) is 32.0. The molecule has 0 radical (unpaired) electrons. The van der Waals surface area contributed by atoms with Gasteiger partial charge < -0.3 is 10.2 Å². The maximum absolute atomic E-state index is 13.1. The molecule has 1 aliphatic heterocycles. The van der Waals surface area contributed by atoms with Gasteiger partial charge in [0, 0.05) is 19.0 Å². The third kappa shape index (κ3) is 8.78. The van der Waals surface area contributed by atoms with Crippen molar-refractivity contribution in [1.29, 1.82) is 0 Å². The highest BCUT2D eigenvalue weighted by molar-refractivity contribution is 6.28. The molecule has 0 fully saturated rings. The molecule has 190 valence electrons. The van der Waals surface area contributed by atoms with Gasteiger partial charge in [0.1, 0.15) is 5.66 Å². The van der Waals surface area contributed by atoms with Crippen molar-refractivity contribution in [3.63, 3.8) is 0 Å². The number of nitrogens with one attached hydrogen (secondary N) is 1. The topological polar surface area (TPSA) is 61.8 Å². The third-order valence-corrected chi connectivity index (χ3v) is 6.87. The minimum atomic E-state index is -0.554. The number of hydrogen-bond acceptors (Lipinski definition) is 3. The molecule has 2 amide bonds. The number of terminal acetylenes is 1. The summed E-state index contributed by atoms with van der Waals surface area (Å²) in [5.74, 6) is 3.00. The first kappa shape index (κ1) is 29.7. The van der Waals surface area contributed by atoms with Gasteiger partial charge in [-0.15, -0.1) is 12.3 Å². The summed E-state index contributed by atoms with van der Waals surface area (Å²) in [6, 6.07) is -0.0986. The summed E-state index contributed by atoms with van der Waals surface area (Å²) in [6.45, 7) is 15.3. The molecular weight excluding hydrogens is 422 g/mol. The first-order valence-corrected chi connectivity index (χ1v) is 12.8. The highest BCUT2D eigenvalue weighted by Gasteiger charge is 2.43. The number of hydrogen-bond donors (Lipinski definition) is 1. The third-order valence-electron chi connectivity index (χ3n) is 6.87. The van der Waals surface area contributed by atoms with Crippen LogP contribution in [0.4, 0.5) is 0 Å². The van der Waals surface area contributed by atoms with Crippen LogP contribution in [0.3, 0.4) is 0 Å². The Balaban J connectivity index is 3.32. The van der Waals surface area contributed by atoms with E-state index in [0.29, 0.717) is 11.5 Å². The molecule has 1 heterocycles. The van der Waals surface area contributed by atoms with Gasteiger partial charge in [-0.05, 0) is 50.9 Å². The second-order valence-electron chi connectivity index (χ2n) is 11.0. The summed E-state index contributed by atoms with van der Waals surface area (Å²) >= 11 is 0. The number of nitrogens with zero attached hydrogens (tertiary/aromatic N) is 2. The zero-order chi connectivity index (χ0) is 25.9. The zero-order valence-electron chi connectivity index (χ0n) is 22.8. The Labute approximate surface area is 208 Å². The van der Waals surface area contributed by atoms with E-state index in [0.717, 1.165) is 37.7 Å². The number of carbonyl (C=O) groups excluding carboxylic acids is 2. The van der Waals surface area contributed by atoms with Crippen LogP contribution in [0.5, 0.6) is 0 Å². The average molecular weight is 470 g/mol. The van der Waals surface area contributed by atoms with Gasteiger partial charge in [0.25, 0.3) is 5.91 Å². The molecule has 0 aromatic heterocycles. The van der Waals surface area contributed by atoms with E-state index < -0.39 is 5.66 Å². The van der Waals surface area contributed by atoms with Crippen molar-refractivity contribution in [2.45, 2.75) is 112 Å². The fourth-order valence-corrected chi connectivity index (χ4v) is 4.63. The Morgan fingerprint density at radius 2 is 1.94 bits per heavy atom. The lowest BCUT2D eigenvalue weighted by molar-refractivity contribution is -0.129. The summed E-state index contributed by atoms with van der Waals surface area (Å²) in [5.41, 5.74) is 1.16. The fraction of sp³-hybridized carbons (Fsp3) is 0.690. The van der Waals surface area contributed by atoms with Crippen LogP contribution in [-0.2, 0) is 9.59 Å². The highest BCUT2D eigenvalue weighted by atomic mass is 16.2. The molecule has 1 N–H and O–H groups in total. The average Bonchev–Trinajstić information content (AvgIpc) is 3.07. The minimum Gasteiger partial charge on any atom is -0.355 e. The van der Waals surface area contributed by atoms with Crippen LogP contribution in [0, 0.1) is 23.7 Å². The van der Waals surface area contributed by atoms with Crippen LogP contribution >= 0.6 is 0 Å². The number of likely N-dealkylation sites (N-methyl/N-ethyl adjacent to an activating group) is 1. The second kappa shape index (κ2) is 13.5. The van der Waals surface area contributed by atoms with Crippen LogP contribution in [0.15, 0.2) is 28.3 Å². The van der Waals surface area contributed by atoms with Crippen molar-refractivity contribution < 1.29 is 9.59 Å². The normalized spacial score (nSPS) is 20.9. The van der Waals surface area contributed by atoms with E-state index in [4.69, 9.17) is 11.4 Å². The SMILES string of the molecule is C#CC/C(=C\C=C(/C)C(CCC(C)(C)C)N1C(=O)C=NC1(C)CCC(CC)CCC)C(=O)NC.